The molecule has 0 spiro atoms. The normalized spacial score (nSPS) is 11.8. The van der Waals surface area contributed by atoms with E-state index in [1.165, 1.54) is 6.08 Å². The molecule has 0 bridgehead atoms. The zero-order valence-corrected chi connectivity index (χ0v) is 12.2. The maximum Gasteiger partial charge on any atom is 0.244 e. The van der Waals surface area contributed by atoms with Crippen LogP contribution in [0, 0.1) is 0 Å². The average molecular weight is 285 g/mol. The summed E-state index contributed by atoms with van der Waals surface area (Å²) in [5.74, 6) is -0.229. The predicted octanol–water partition coefficient (Wildman–Crippen LogP) is 1.77. The fraction of sp³-hybridized carbons (Fsp3) is 0.250. The highest BCUT2D eigenvalue weighted by Crippen LogP contribution is 2.10. The van der Waals surface area contributed by atoms with Crippen LogP contribution in [0.25, 0.3) is 11.8 Å². The lowest BCUT2D eigenvalue weighted by atomic mass is 10.1. The summed E-state index contributed by atoms with van der Waals surface area (Å²) in [6.45, 7) is 3.42. The van der Waals surface area contributed by atoms with Crippen LogP contribution in [0.4, 0.5) is 0 Å². The zero-order valence-electron chi connectivity index (χ0n) is 12.2. The largest absolute Gasteiger partial charge is 0.394 e. The van der Waals surface area contributed by atoms with E-state index in [9.17, 15) is 4.79 Å². The number of carbonyl (C=O) groups excluding carboxylic acids is 1. The quantitative estimate of drug-likeness (QED) is 0.823. The fourth-order valence-corrected chi connectivity index (χ4v) is 1.76. The van der Waals surface area contributed by atoms with Crippen molar-refractivity contribution in [3.8, 4) is 5.69 Å². The van der Waals surface area contributed by atoms with Crippen molar-refractivity contribution in [2.75, 3.05) is 6.61 Å². The molecular weight excluding hydrogens is 266 g/mol. The fourth-order valence-electron chi connectivity index (χ4n) is 1.76. The smallest absolute Gasteiger partial charge is 0.244 e. The molecule has 0 saturated heterocycles. The van der Waals surface area contributed by atoms with E-state index in [1.54, 1.807) is 32.4 Å². The third kappa shape index (κ3) is 4.29. The highest BCUT2D eigenvalue weighted by molar-refractivity contribution is 5.92. The number of hydrogen-bond donors (Lipinski definition) is 2. The number of hydrogen-bond acceptors (Lipinski definition) is 3. The Hall–Kier alpha value is -2.40. The van der Waals surface area contributed by atoms with Gasteiger partial charge in [-0.15, -0.1) is 0 Å². The second kappa shape index (κ2) is 6.37. The minimum atomic E-state index is -0.618. The topological polar surface area (TPSA) is 67.2 Å². The second-order valence-corrected chi connectivity index (χ2v) is 5.43. The maximum atomic E-state index is 11.7. The van der Waals surface area contributed by atoms with Crippen LogP contribution in [0.1, 0.15) is 19.4 Å². The molecule has 110 valence electrons. The number of amides is 1. The monoisotopic (exact) mass is 285 g/mol. The Labute approximate surface area is 123 Å². The summed E-state index contributed by atoms with van der Waals surface area (Å²) < 4.78 is 1.91. The number of imidazole rings is 1. The van der Waals surface area contributed by atoms with E-state index >= 15 is 0 Å². The molecule has 2 rings (SSSR count). The van der Waals surface area contributed by atoms with Crippen molar-refractivity contribution in [1.29, 1.82) is 0 Å². The summed E-state index contributed by atoms with van der Waals surface area (Å²) in [6, 6.07) is 7.76. The van der Waals surface area contributed by atoms with Crippen molar-refractivity contribution in [2.24, 2.45) is 0 Å². The summed E-state index contributed by atoms with van der Waals surface area (Å²) in [5, 5.41) is 11.8. The minimum Gasteiger partial charge on any atom is -0.394 e. The standard InChI is InChI=1S/C16H19N3O2/c1-16(2,11-20)18-15(21)8-5-13-3-6-14(7-4-13)19-10-9-17-12-19/h3-10,12,20H,11H2,1-2H3,(H,18,21)/b8-5+. The molecule has 5 nitrogen and oxygen atoms in total. The first-order chi connectivity index (χ1) is 10.00. The van der Waals surface area contributed by atoms with Gasteiger partial charge >= 0.3 is 0 Å². The van der Waals surface area contributed by atoms with E-state index in [1.807, 2.05) is 35.0 Å². The Morgan fingerprint density at radius 1 is 1.38 bits per heavy atom. The lowest BCUT2D eigenvalue weighted by molar-refractivity contribution is -0.118. The molecule has 0 radical (unpaired) electrons. The number of nitrogens with zero attached hydrogens (tertiary/aromatic N) is 2. The molecule has 0 saturated carbocycles. The van der Waals surface area contributed by atoms with E-state index in [-0.39, 0.29) is 12.5 Å². The van der Waals surface area contributed by atoms with Gasteiger partial charge in [0.2, 0.25) is 5.91 Å². The average Bonchev–Trinajstić information content (AvgIpc) is 2.99. The molecule has 0 aliphatic rings. The number of rotatable bonds is 5. The molecule has 0 atom stereocenters. The number of aromatic nitrogens is 2. The Morgan fingerprint density at radius 2 is 2.10 bits per heavy atom. The molecule has 0 aliphatic heterocycles. The summed E-state index contributed by atoms with van der Waals surface area (Å²) in [6.07, 6.45) is 8.52. The van der Waals surface area contributed by atoms with Gasteiger partial charge < -0.3 is 15.0 Å². The van der Waals surface area contributed by atoms with Gasteiger partial charge in [0, 0.05) is 24.2 Å². The number of carbonyl (C=O) groups is 1. The van der Waals surface area contributed by atoms with E-state index in [4.69, 9.17) is 5.11 Å². The molecule has 1 heterocycles. The molecule has 0 fully saturated rings. The van der Waals surface area contributed by atoms with Crippen LogP contribution in [0.2, 0.25) is 0 Å². The number of aliphatic hydroxyl groups excluding tert-OH is 1. The molecule has 1 amide bonds. The first-order valence-electron chi connectivity index (χ1n) is 6.70. The van der Waals surface area contributed by atoms with Crippen molar-refractivity contribution in [2.45, 2.75) is 19.4 Å². The summed E-state index contributed by atoms with van der Waals surface area (Å²) >= 11 is 0. The Morgan fingerprint density at radius 3 is 2.67 bits per heavy atom. The highest BCUT2D eigenvalue weighted by Gasteiger charge is 2.17. The van der Waals surface area contributed by atoms with E-state index < -0.39 is 5.54 Å². The predicted molar refractivity (Wildman–Crippen MR) is 81.9 cm³/mol. The van der Waals surface area contributed by atoms with Gasteiger partial charge in [0.05, 0.1) is 18.5 Å². The lowest BCUT2D eigenvalue weighted by Gasteiger charge is -2.22. The van der Waals surface area contributed by atoms with Crippen molar-refractivity contribution < 1.29 is 9.90 Å². The van der Waals surface area contributed by atoms with E-state index in [2.05, 4.69) is 10.3 Å². The lowest BCUT2D eigenvalue weighted by Crippen LogP contribution is -2.45. The zero-order chi connectivity index (χ0) is 15.3. The van der Waals surface area contributed by atoms with Gasteiger partial charge in [0.15, 0.2) is 0 Å². The summed E-state index contributed by atoms with van der Waals surface area (Å²) in [4.78, 5) is 15.7. The molecule has 2 aromatic rings. The first kappa shape index (κ1) is 15.0. The van der Waals surface area contributed by atoms with Crippen LogP contribution in [0.5, 0.6) is 0 Å². The van der Waals surface area contributed by atoms with Gasteiger partial charge in [-0.3, -0.25) is 4.79 Å². The number of aliphatic hydroxyl groups is 1. The third-order valence-electron chi connectivity index (χ3n) is 2.98. The molecule has 2 N–H and O–H groups in total. The first-order valence-corrected chi connectivity index (χ1v) is 6.70. The SMILES string of the molecule is CC(C)(CO)NC(=O)/C=C/c1ccc(-n2ccnc2)cc1. The van der Waals surface area contributed by atoms with Gasteiger partial charge in [0.25, 0.3) is 0 Å². The van der Waals surface area contributed by atoms with Gasteiger partial charge in [-0.05, 0) is 37.6 Å². The number of nitrogens with one attached hydrogen (secondary N) is 1. The van der Waals surface area contributed by atoms with Crippen molar-refractivity contribution >= 4 is 12.0 Å². The Kier molecular flexibility index (Phi) is 4.55. The van der Waals surface area contributed by atoms with Crippen molar-refractivity contribution in [1.82, 2.24) is 14.9 Å². The molecule has 0 unspecified atom stereocenters. The second-order valence-electron chi connectivity index (χ2n) is 5.43. The maximum absolute atomic E-state index is 11.7. The number of benzene rings is 1. The van der Waals surface area contributed by atoms with Crippen LogP contribution in [-0.2, 0) is 4.79 Å². The molecule has 5 heteroatoms. The summed E-state index contributed by atoms with van der Waals surface area (Å²) in [5.41, 5.74) is 1.32. The van der Waals surface area contributed by atoms with E-state index in [0.717, 1.165) is 11.3 Å². The highest BCUT2D eigenvalue weighted by atomic mass is 16.3. The van der Waals surface area contributed by atoms with Gasteiger partial charge in [0.1, 0.15) is 0 Å². The minimum absolute atomic E-state index is 0.105. The van der Waals surface area contributed by atoms with Gasteiger partial charge in [-0.2, -0.15) is 0 Å². The molecule has 1 aromatic carbocycles. The Bertz CT molecular complexity index is 613. The molecular formula is C16H19N3O2. The van der Waals surface area contributed by atoms with Gasteiger partial charge in [-0.1, -0.05) is 12.1 Å². The van der Waals surface area contributed by atoms with Gasteiger partial charge in [-0.25, -0.2) is 4.98 Å². The Balaban J connectivity index is 2.00. The van der Waals surface area contributed by atoms with Crippen LogP contribution >= 0.6 is 0 Å². The molecule has 1 aromatic heterocycles. The third-order valence-corrected chi connectivity index (χ3v) is 2.98. The molecule has 21 heavy (non-hydrogen) atoms. The van der Waals surface area contributed by atoms with Crippen LogP contribution in [0.3, 0.4) is 0 Å². The summed E-state index contributed by atoms with van der Waals surface area (Å²) in [7, 11) is 0. The molecule has 0 aliphatic carbocycles. The van der Waals surface area contributed by atoms with Crippen LogP contribution < -0.4 is 5.32 Å². The van der Waals surface area contributed by atoms with E-state index in [0.29, 0.717) is 0 Å². The van der Waals surface area contributed by atoms with Crippen LogP contribution in [-0.4, -0.2) is 32.7 Å². The van der Waals surface area contributed by atoms with Crippen molar-refractivity contribution in [3.63, 3.8) is 0 Å². The van der Waals surface area contributed by atoms with Crippen LogP contribution in [0.15, 0.2) is 49.1 Å². The van der Waals surface area contributed by atoms with Crippen molar-refractivity contribution in [3.05, 3.63) is 54.6 Å².